The third-order valence-corrected chi connectivity index (χ3v) is 4.51. The molecule has 1 fully saturated rings. The molecule has 0 amide bonds. The summed E-state index contributed by atoms with van der Waals surface area (Å²) in [5, 5.41) is 0.101. The van der Waals surface area contributed by atoms with E-state index in [0.29, 0.717) is 31.1 Å². The van der Waals surface area contributed by atoms with Crippen molar-refractivity contribution in [1.82, 2.24) is 24.5 Å². The van der Waals surface area contributed by atoms with Crippen LogP contribution in [0.3, 0.4) is 0 Å². The fraction of sp³-hybridized carbons (Fsp3) is 0.375. The van der Waals surface area contributed by atoms with E-state index < -0.39 is 11.7 Å². The quantitative estimate of drug-likeness (QED) is 0.629. The van der Waals surface area contributed by atoms with Crippen molar-refractivity contribution < 1.29 is 17.9 Å². The lowest BCUT2D eigenvalue weighted by Crippen LogP contribution is -2.14. The van der Waals surface area contributed by atoms with Crippen LogP contribution in [0.5, 0.6) is 0 Å². The summed E-state index contributed by atoms with van der Waals surface area (Å²) in [7, 11) is 0. The Kier molecular flexibility index (Phi) is 4.07. The molecule has 3 aromatic rings. The summed E-state index contributed by atoms with van der Waals surface area (Å²) >= 11 is 6.18. The summed E-state index contributed by atoms with van der Waals surface area (Å²) in [4.78, 5) is 16.6. The molecule has 1 atom stereocenters. The molecule has 0 bridgehead atoms. The predicted molar refractivity (Wildman–Crippen MR) is 87.8 cm³/mol. The maximum atomic E-state index is 13.5. The third-order valence-electron chi connectivity index (χ3n) is 4.25. The van der Waals surface area contributed by atoms with E-state index in [4.69, 9.17) is 16.3 Å². The van der Waals surface area contributed by atoms with E-state index in [1.807, 2.05) is 0 Å². The minimum atomic E-state index is -4.54. The molecule has 0 aliphatic carbocycles. The second kappa shape index (κ2) is 6.17. The Balaban J connectivity index is 2.05. The molecule has 1 aliphatic heterocycles. The van der Waals surface area contributed by atoms with Crippen LogP contribution in [-0.4, -0.2) is 37.7 Å². The zero-order valence-corrected chi connectivity index (χ0v) is 14.3. The van der Waals surface area contributed by atoms with E-state index >= 15 is 0 Å². The molecule has 0 aromatic carbocycles. The van der Waals surface area contributed by atoms with Crippen molar-refractivity contribution >= 4 is 22.8 Å². The van der Waals surface area contributed by atoms with Crippen molar-refractivity contribution in [2.75, 3.05) is 13.2 Å². The van der Waals surface area contributed by atoms with Gasteiger partial charge < -0.3 is 9.30 Å². The van der Waals surface area contributed by atoms with Gasteiger partial charge in [-0.15, -0.1) is 0 Å². The molecule has 0 unspecified atom stereocenters. The maximum Gasteiger partial charge on any atom is 0.417 e. The average molecular weight is 384 g/mol. The van der Waals surface area contributed by atoms with E-state index in [9.17, 15) is 13.2 Å². The molecule has 1 saturated heterocycles. The minimum Gasteiger partial charge on any atom is -0.379 e. The lowest BCUT2D eigenvalue weighted by molar-refractivity contribution is -0.137. The van der Waals surface area contributed by atoms with Gasteiger partial charge in [0.15, 0.2) is 10.8 Å². The number of hydrogen-bond donors (Lipinski definition) is 0. The number of halogens is 4. The highest BCUT2D eigenvalue weighted by Gasteiger charge is 2.36. The molecule has 0 spiro atoms. The number of alkyl halides is 3. The number of ether oxygens (including phenoxy) is 1. The molecule has 0 radical (unpaired) electrons. The largest absolute Gasteiger partial charge is 0.417 e. The first-order valence-electron chi connectivity index (χ1n) is 7.87. The number of hydrogen-bond acceptors (Lipinski definition) is 5. The van der Waals surface area contributed by atoms with Gasteiger partial charge in [0, 0.05) is 24.6 Å². The Morgan fingerprint density at radius 3 is 2.77 bits per heavy atom. The second-order valence-corrected chi connectivity index (χ2v) is 6.33. The van der Waals surface area contributed by atoms with Crippen molar-refractivity contribution in [3.63, 3.8) is 0 Å². The molecular formula is C16H13ClF3N5O. The first kappa shape index (κ1) is 17.2. The summed E-state index contributed by atoms with van der Waals surface area (Å²) in [6.07, 6.45) is -1.64. The Hall–Kier alpha value is -2.26. The van der Waals surface area contributed by atoms with Gasteiger partial charge in [-0.1, -0.05) is 11.6 Å². The van der Waals surface area contributed by atoms with Crippen LogP contribution in [0.2, 0.25) is 5.15 Å². The molecule has 3 aromatic heterocycles. The SMILES string of the molecule is Cc1nc(Cl)c2nc(-c3cnccc3C(F)(F)F)n([C@@H]3CCOC3)c2n1. The van der Waals surface area contributed by atoms with Gasteiger partial charge >= 0.3 is 6.18 Å². The van der Waals surface area contributed by atoms with Gasteiger partial charge in [0.05, 0.1) is 18.2 Å². The average Bonchev–Trinajstić information content (AvgIpc) is 3.21. The number of aryl methyl sites for hydroxylation is 1. The molecule has 136 valence electrons. The Morgan fingerprint density at radius 2 is 2.08 bits per heavy atom. The van der Waals surface area contributed by atoms with Crippen molar-refractivity contribution in [2.45, 2.75) is 25.6 Å². The predicted octanol–water partition coefficient (Wildman–Crippen LogP) is 3.83. The van der Waals surface area contributed by atoms with Crippen LogP contribution < -0.4 is 0 Å². The number of imidazole rings is 1. The van der Waals surface area contributed by atoms with Gasteiger partial charge in [-0.05, 0) is 19.4 Å². The van der Waals surface area contributed by atoms with Crippen molar-refractivity contribution in [3.8, 4) is 11.4 Å². The molecule has 6 nitrogen and oxygen atoms in total. The fourth-order valence-electron chi connectivity index (χ4n) is 3.12. The van der Waals surface area contributed by atoms with Crippen LogP contribution in [0, 0.1) is 6.92 Å². The summed E-state index contributed by atoms with van der Waals surface area (Å²) in [5.41, 5.74) is -0.288. The molecule has 26 heavy (non-hydrogen) atoms. The Labute approximate surface area is 151 Å². The number of aromatic nitrogens is 5. The summed E-state index contributed by atoms with van der Waals surface area (Å²) in [6.45, 7) is 2.54. The van der Waals surface area contributed by atoms with Gasteiger partial charge in [0.2, 0.25) is 0 Å². The van der Waals surface area contributed by atoms with Gasteiger partial charge in [-0.25, -0.2) is 15.0 Å². The molecule has 0 N–H and O–H groups in total. The molecule has 10 heteroatoms. The van der Waals surface area contributed by atoms with Crippen LogP contribution in [0.15, 0.2) is 18.5 Å². The van der Waals surface area contributed by atoms with Crippen LogP contribution in [0.4, 0.5) is 13.2 Å². The van der Waals surface area contributed by atoms with Crippen LogP contribution >= 0.6 is 11.6 Å². The molecular weight excluding hydrogens is 371 g/mol. The first-order valence-corrected chi connectivity index (χ1v) is 8.25. The van der Waals surface area contributed by atoms with E-state index in [1.165, 1.54) is 0 Å². The van der Waals surface area contributed by atoms with E-state index in [1.54, 1.807) is 11.5 Å². The van der Waals surface area contributed by atoms with Gasteiger partial charge in [-0.3, -0.25) is 4.98 Å². The second-order valence-electron chi connectivity index (χ2n) is 5.98. The molecule has 1 aliphatic rings. The lowest BCUT2D eigenvalue weighted by atomic mass is 10.1. The molecule has 0 saturated carbocycles. The highest BCUT2D eigenvalue weighted by molar-refractivity contribution is 6.33. The van der Waals surface area contributed by atoms with E-state index in [0.717, 1.165) is 18.5 Å². The molecule has 4 rings (SSSR count). The van der Waals surface area contributed by atoms with E-state index in [2.05, 4.69) is 19.9 Å². The Morgan fingerprint density at radius 1 is 1.27 bits per heavy atom. The van der Waals surface area contributed by atoms with Crippen molar-refractivity contribution in [2.24, 2.45) is 0 Å². The summed E-state index contributed by atoms with van der Waals surface area (Å²) in [6, 6.07) is 0.740. The minimum absolute atomic E-state index is 0.101. The third kappa shape index (κ3) is 2.80. The summed E-state index contributed by atoms with van der Waals surface area (Å²) in [5.74, 6) is 0.522. The monoisotopic (exact) mass is 383 g/mol. The number of pyridine rings is 1. The maximum absolute atomic E-state index is 13.5. The standard InChI is InChI=1S/C16H13ClF3N5O/c1-8-22-13(17)12-15(23-8)25(9-3-5-26-7-9)14(24-12)10-6-21-4-2-11(10)16(18,19)20/h2,4,6,9H,3,5,7H2,1H3/t9-/m1/s1. The van der Waals surface area contributed by atoms with Crippen LogP contribution in [0.25, 0.3) is 22.6 Å². The zero-order valence-electron chi connectivity index (χ0n) is 13.6. The fourth-order valence-corrected chi connectivity index (χ4v) is 3.37. The van der Waals surface area contributed by atoms with Gasteiger partial charge in [-0.2, -0.15) is 13.2 Å². The van der Waals surface area contributed by atoms with Crippen molar-refractivity contribution in [3.05, 3.63) is 35.0 Å². The van der Waals surface area contributed by atoms with Crippen molar-refractivity contribution in [1.29, 1.82) is 0 Å². The normalized spacial score (nSPS) is 18.0. The van der Waals surface area contributed by atoms with Crippen LogP contribution in [-0.2, 0) is 10.9 Å². The van der Waals surface area contributed by atoms with Gasteiger partial charge in [0.1, 0.15) is 17.2 Å². The Bertz CT molecular complexity index is 982. The highest BCUT2D eigenvalue weighted by Crippen LogP contribution is 2.39. The zero-order chi connectivity index (χ0) is 18.5. The lowest BCUT2D eigenvalue weighted by Gasteiger charge is -2.17. The van der Waals surface area contributed by atoms with E-state index in [-0.39, 0.29) is 28.1 Å². The number of nitrogens with zero attached hydrogens (tertiary/aromatic N) is 5. The van der Waals surface area contributed by atoms with Crippen LogP contribution in [0.1, 0.15) is 23.9 Å². The number of rotatable bonds is 2. The number of fused-ring (bicyclic) bond motifs is 1. The smallest absolute Gasteiger partial charge is 0.379 e. The molecule has 4 heterocycles. The van der Waals surface area contributed by atoms with Gasteiger partial charge in [0.25, 0.3) is 0 Å². The first-order chi connectivity index (χ1) is 12.4. The summed E-state index contributed by atoms with van der Waals surface area (Å²) < 4.78 is 47.6. The highest BCUT2D eigenvalue weighted by atomic mass is 35.5. The topological polar surface area (TPSA) is 65.7 Å².